The Morgan fingerprint density at radius 3 is 2.32 bits per heavy atom. The number of amides is 1. The third-order valence-corrected chi connectivity index (χ3v) is 2.99. The Morgan fingerprint density at radius 2 is 1.74 bits per heavy atom. The van der Waals surface area contributed by atoms with Gasteiger partial charge in [-0.1, -0.05) is 13.8 Å². The molecular formula is C13H29N5O. The topological polar surface area (TPSA) is 106 Å². The molecule has 0 aliphatic heterocycles. The molecule has 0 aromatic heterocycles. The Bertz CT molecular complexity index is 260. The predicted octanol–water partition coefficient (Wildman–Crippen LogP) is 0.182. The van der Waals surface area contributed by atoms with Crippen molar-refractivity contribution in [2.75, 3.05) is 26.2 Å². The summed E-state index contributed by atoms with van der Waals surface area (Å²) in [4.78, 5) is 15.6. The normalized spacial score (nSPS) is 10.5. The number of rotatable bonds is 11. The number of nitrogens with one attached hydrogen (secondary N) is 2. The van der Waals surface area contributed by atoms with E-state index in [1.807, 2.05) is 13.8 Å². The highest BCUT2D eigenvalue weighted by molar-refractivity contribution is 5.78. The molecule has 1 amide bonds. The molecule has 0 aromatic rings. The van der Waals surface area contributed by atoms with Crippen LogP contribution in [0.1, 0.15) is 39.5 Å². The van der Waals surface area contributed by atoms with Gasteiger partial charge in [-0.2, -0.15) is 0 Å². The van der Waals surface area contributed by atoms with Gasteiger partial charge in [-0.3, -0.25) is 9.79 Å². The van der Waals surface area contributed by atoms with Gasteiger partial charge >= 0.3 is 0 Å². The second-order valence-electron chi connectivity index (χ2n) is 4.57. The second-order valence-corrected chi connectivity index (χ2v) is 4.57. The SMILES string of the molecule is CCC(CC)C(=O)NCCCNCCCN=C(N)N. The maximum Gasteiger partial charge on any atom is 0.223 e. The fraction of sp³-hybridized carbons (Fsp3) is 0.846. The van der Waals surface area contributed by atoms with Crippen LogP contribution in [0.15, 0.2) is 4.99 Å². The average molecular weight is 271 g/mol. The van der Waals surface area contributed by atoms with Crippen LogP contribution in [0.25, 0.3) is 0 Å². The molecule has 0 rings (SSSR count). The number of carbonyl (C=O) groups excluding carboxylic acids is 1. The maximum absolute atomic E-state index is 11.7. The van der Waals surface area contributed by atoms with Crippen LogP contribution in [-0.4, -0.2) is 38.0 Å². The summed E-state index contributed by atoms with van der Waals surface area (Å²) in [5.41, 5.74) is 10.4. The Labute approximate surface area is 116 Å². The first-order valence-electron chi connectivity index (χ1n) is 7.15. The predicted molar refractivity (Wildman–Crippen MR) is 79.9 cm³/mol. The Morgan fingerprint density at radius 1 is 1.11 bits per heavy atom. The molecule has 0 unspecified atom stereocenters. The van der Waals surface area contributed by atoms with Crippen molar-refractivity contribution < 1.29 is 4.79 Å². The minimum atomic E-state index is 0.143. The van der Waals surface area contributed by atoms with Crippen molar-refractivity contribution in [3.05, 3.63) is 0 Å². The van der Waals surface area contributed by atoms with Crippen molar-refractivity contribution in [2.24, 2.45) is 22.4 Å². The van der Waals surface area contributed by atoms with Gasteiger partial charge in [-0.05, 0) is 38.8 Å². The van der Waals surface area contributed by atoms with Gasteiger partial charge in [-0.25, -0.2) is 0 Å². The van der Waals surface area contributed by atoms with E-state index in [1.54, 1.807) is 0 Å². The van der Waals surface area contributed by atoms with E-state index in [0.29, 0.717) is 6.54 Å². The number of nitrogens with two attached hydrogens (primary N) is 2. The lowest BCUT2D eigenvalue weighted by molar-refractivity contribution is -0.125. The number of carbonyl (C=O) groups is 1. The summed E-state index contributed by atoms with van der Waals surface area (Å²) >= 11 is 0. The molecule has 0 aliphatic rings. The number of guanidine groups is 1. The van der Waals surface area contributed by atoms with Gasteiger partial charge < -0.3 is 22.1 Å². The molecule has 0 atom stereocenters. The molecule has 0 aromatic carbocycles. The van der Waals surface area contributed by atoms with Crippen molar-refractivity contribution in [3.63, 3.8) is 0 Å². The molecule has 0 saturated carbocycles. The van der Waals surface area contributed by atoms with E-state index in [9.17, 15) is 4.79 Å². The molecular weight excluding hydrogens is 242 g/mol. The summed E-state index contributed by atoms with van der Waals surface area (Å²) in [5.74, 6) is 0.481. The van der Waals surface area contributed by atoms with Crippen LogP contribution < -0.4 is 22.1 Å². The van der Waals surface area contributed by atoms with Crippen molar-refractivity contribution in [2.45, 2.75) is 39.5 Å². The van der Waals surface area contributed by atoms with Gasteiger partial charge in [-0.15, -0.1) is 0 Å². The van der Waals surface area contributed by atoms with Crippen LogP contribution in [0.5, 0.6) is 0 Å². The minimum Gasteiger partial charge on any atom is -0.370 e. The maximum atomic E-state index is 11.7. The summed E-state index contributed by atoms with van der Waals surface area (Å²) in [6, 6.07) is 0. The fourth-order valence-electron chi connectivity index (χ4n) is 1.77. The standard InChI is InChI=1S/C13H29N5O/c1-3-11(4-2)12(19)17-9-5-7-16-8-6-10-18-13(14)15/h11,16H,3-10H2,1-2H3,(H,17,19)(H4,14,15,18). The molecule has 6 N–H and O–H groups in total. The third-order valence-electron chi connectivity index (χ3n) is 2.99. The summed E-state index contributed by atoms with van der Waals surface area (Å²) in [7, 11) is 0. The monoisotopic (exact) mass is 271 g/mol. The lowest BCUT2D eigenvalue weighted by Crippen LogP contribution is -2.32. The van der Waals surface area contributed by atoms with E-state index in [4.69, 9.17) is 11.5 Å². The third kappa shape index (κ3) is 10.3. The van der Waals surface area contributed by atoms with E-state index in [2.05, 4.69) is 15.6 Å². The molecule has 19 heavy (non-hydrogen) atoms. The van der Waals surface area contributed by atoms with Crippen LogP contribution >= 0.6 is 0 Å². The molecule has 0 aliphatic carbocycles. The summed E-state index contributed by atoms with van der Waals surface area (Å²) in [5, 5.41) is 6.26. The highest BCUT2D eigenvalue weighted by Gasteiger charge is 2.12. The van der Waals surface area contributed by atoms with E-state index < -0.39 is 0 Å². The van der Waals surface area contributed by atoms with Crippen molar-refractivity contribution in [1.29, 1.82) is 0 Å². The van der Waals surface area contributed by atoms with Crippen molar-refractivity contribution in [3.8, 4) is 0 Å². The van der Waals surface area contributed by atoms with E-state index >= 15 is 0 Å². The average Bonchev–Trinajstić information content (AvgIpc) is 2.37. The van der Waals surface area contributed by atoms with Gasteiger partial charge in [0, 0.05) is 19.0 Å². The molecule has 112 valence electrons. The van der Waals surface area contributed by atoms with Gasteiger partial charge in [0.25, 0.3) is 0 Å². The zero-order valence-corrected chi connectivity index (χ0v) is 12.2. The molecule has 0 heterocycles. The molecule has 6 nitrogen and oxygen atoms in total. The molecule has 0 bridgehead atoms. The summed E-state index contributed by atoms with van der Waals surface area (Å²) < 4.78 is 0. The van der Waals surface area contributed by atoms with Gasteiger partial charge in [0.15, 0.2) is 5.96 Å². The Kier molecular flexibility index (Phi) is 11.0. The number of hydrogen-bond acceptors (Lipinski definition) is 3. The largest absolute Gasteiger partial charge is 0.370 e. The van der Waals surface area contributed by atoms with Crippen LogP contribution in [0.2, 0.25) is 0 Å². The van der Waals surface area contributed by atoms with Crippen LogP contribution in [0.4, 0.5) is 0 Å². The van der Waals surface area contributed by atoms with E-state index in [-0.39, 0.29) is 17.8 Å². The van der Waals surface area contributed by atoms with Crippen LogP contribution in [0.3, 0.4) is 0 Å². The summed E-state index contributed by atoms with van der Waals surface area (Å²) in [6.07, 6.45) is 3.67. The number of aliphatic imine (C=N–C) groups is 1. The smallest absolute Gasteiger partial charge is 0.223 e. The summed E-state index contributed by atoms with van der Waals surface area (Å²) in [6.45, 7) is 7.26. The first kappa shape index (κ1) is 17.7. The first-order valence-corrected chi connectivity index (χ1v) is 7.15. The highest BCUT2D eigenvalue weighted by Crippen LogP contribution is 2.06. The molecule has 6 heteroatoms. The Hall–Kier alpha value is -1.30. The zero-order chi connectivity index (χ0) is 14.5. The number of nitrogens with zero attached hydrogens (tertiary/aromatic N) is 1. The molecule has 0 saturated heterocycles. The highest BCUT2D eigenvalue weighted by atomic mass is 16.1. The number of hydrogen-bond donors (Lipinski definition) is 4. The minimum absolute atomic E-state index is 0.143. The van der Waals surface area contributed by atoms with Crippen LogP contribution in [0, 0.1) is 5.92 Å². The van der Waals surface area contributed by atoms with Gasteiger partial charge in [0.1, 0.15) is 0 Å². The fourth-order valence-corrected chi connectivity index (χ4v) is 1.77. The lowest BCUT2D eigenvalue weighted by atomic mass is 10.0. The lowest BCUT2D eigenvalue weighted by Gasteiger charge is -2.12. The first-order chi connectivity index (χ1) is 9.11. The van der Waals surface area contributed by atoms with Crippen molar-refractivity contribution >= 4 is 11.9 Å². The molecule has 0 radical (unpaired) electrons. The zero-order valence-electron chi connectivity index (χ0n) is 12.2. The van der Waals surface area contributed by atoms with E-state index in [1.165, 1.54) is 0 Å². The second kappa shape index (κ2) is 11.8. The molecule has 0 spiro atoms. The Balaban J connectivity index is 3.36. The van der Waals surface area contributed by atoms with E-state index in [0.717, 1.165) is 45.3 Å². The van der Waals surface area contributed by atoms with Crippen LogP contribution in [-0.2, 0) is 4.79 Å². The molecule has 0 fully saturated rings. The van der Waals surface area contributed by atoms with Crippen molar-refractivity contribution in [1.82, 2.24) is 10.6 Å². The quantitative estimate of drug-likeness (QED) is 0.244. The van der Waals surface area contributed by atoms with Gasteiger partial charge in [0.05, 0.1) is 0 Å². The van der Waals surface area contributed by atoms with Gasteiger partial charge in [0.2, 0.25) is 5.91 Å².